The summed E-state index contributed by atoms with van der Waals surface area (Å²) >= 11 is -3.82. The molecule has 0 atom stereocenters. The van der Waals surface area contributed by atoms with E-state index in [1.807, 2.05) is 48.5 Å². The van der Waals surface area contributed by atoms with Crippen molar-refractivity contribution >= 4 is 38.5 Å². The second-order valence-corrected chi connectivity index (χ2v) is 18.5. The number of hydrogen-bond acceptors (Lipinski definition) is 2. The molecular formula is C29H26O2Sn. The molecule has 4 aromatic rings. The molecule has 3 heteroatoms. The molecule has 0 aliphatic carbocycles. The van der Waals surface area contributed by atoms with Gasteiger partial charge in [0, 0.05) is 0 Å². The number of aliphatic hydroxyl groups excluding tert-OH is 1. The van der Waals surface area contributed by atoms with Gasteiger partial charge in [-0.05, 0) is 0 Å². The minimum atomic E-state index is -3.82. The Morgan fingerprint density at radius 3 is 1.38 bits per heavy atom. The van der Waals surface area contributed by atoms with Gasteiger partial charge >= 0.3 is 194 Å². The third-order valence-electron chi connectivity index (χ3n) is 5.92. The minimum absolute atomic E-state index is 0.0467. The number of benzene rings is 4. The zero-order chi connectivity index (χ0) is 22.4. The summed E-state index contributed by atoms with van der Waals surface area (Å²) < 4.78 is 5.12. The van der Waals surface area contributed by atoms with Crippen molar-refractivity contribution in [2.24, 2.45) is 0 Å². The molecule has 4 rings (SSSR count). The van der Waals surface area contributed by atoms with E-state index >= 15 is 0 Å². The summed E-state index contributed by atoms with van der Waals surface area (Å²) in [4.78, 5) is 11.9. The second-order valence-electron chi connectivity index (χ2n) is 7.78. The van der Waals surface area contributed by atoms with E-state index in [9.17, 15) is 9.90 Å². The van der Waals surface area contributed by atoms with Crippen LogP contribution in [-0.4, -0.2) is 35.9 Å². The van der Waals surface area contributed by atoms with Gasteiger partial charge in [-0.2, -0.15) is 0 Å². The van der Waals surface area contributed by atoms with Crippen LogP contribution in [0.2, 0.25) is 0 Å². The van der Waals surface area contributed by atoms with Crippen LogP contribution < -0.4 is 10.7 Å². The zero-order valence-electron chi connectivity index (χ0n) is 18.1. The van der Waals surface area contributed by atoms with Gasteiger partial charge in [0.15, 0.2) is 0 Å². The molecule has 0 aliphatic rings. The number of hydrogen-bond donors (Lipinski definition) is 1. The van der Waals surface area contributed by atoms with E-state index in [-0.39, 0.29) is 12.4 Å². The maximum absolute atomic E-state index is 11.9. The Labute approximate surface area is 193 Å². The molecule has 0 unspecified atom stereocenters. The van der Waals surface area contributed by atoms with Crippen LogP contribution >= 0.6 is 0 Å². The van der Waals surface area contributed by atoms with Gasteiger partial charge in [-0.25, -0.2) is 0 Å². The summed E-state index contributed by atoms with van der Waals surface area (Å²) in [5.41, 5.74) is 1.74. The molecule has 0 aliphatic heterocycles. The first-order chi connectivity index (χ1) is 15.7. The Morgan fingerprint density at radius 2 is 1.03 bits per heavy atom. The number of ketones is 1. The summed E-state index contributed by atoms with van der Waals surface area (Å²) in [5.74, 6) is 0.0493. The van der Waals surface area contributed by atoms with Gasteiger partial charge < -0.3 is 0 Å². The molecule has 158 valence electrons. The van der Waals surface area contributed by atoms with Crippen LogP contribution in [0.15, 0.2) is 121 Å². The first-order valence-electron chi connectivity index (χ1n) is 10.8. The molecule has 0 spiro atoms. The van der Waals surface area contributed by atoms with Crippen molar-refractivity contribution in [3.8, 4) is 0 Å². The second kappa shape index (κ2) is 10.1. The van der Waals surface area contributed by atoms with Gasteiger partial charge in [0.05, 0.1) is 0 Å². The van der Waals surface area contributed by atoms with E-state index in [1.165, 1.54) is 14.3 Å². The molecule has 0 amide bonds. The number of aliphatic hydroxyl groups is 1. The van der Waals surface area contributed by atoms with Gasteiger partial charge in [0.25, 0.3) is 0 Å². The molecule has 1 N–H and O–H groups in total. The van der Waals surface area contributed by atoms with E-state index in [1.54, 1.807) is 6.92 Å². The number of rotatable bonds is 7. The fraction of sp³-hybridized carbons (Fsp3) is 0.0690. The summed E-state index contributed by atoms with van der Waals surface area (Å²) in [6, 6.07) is 39.9. The van der Waals surface area contributed by atoms with E-state index in [2.05, 4.69) is 72.8 Å². The van der Waals surface area contributed by atoms with Crippen molar-refractivity contribution in [1.82, 2.24) is 0 Å². The van der Waals surface area contributed by atoms with Gasteiger partial charge in [-0.15, -0.1) is 0 Å². The van der Waals surface area contributed by atoms with Crippen molar-refractivity contribution in [2.45, 2.75) is 6.92 Å². The van der Waals surface area contributed by atoms with E-state index in [0.29, 0.717) is 5.56 Å². The zero-order valence-corrected chi connectivity index (χ0v) is 21.0. The molecule has 0 fully saturated rings. The summed E-state index contributed by atoms with van der Waals surface area (Å²) in [6.07, 6.45) is 1.98. The number of Topliss-reactive ketones (excluding diaryl/α,β-unsaturated/α-hetero) is 1. The Morgan fingerprint density at radius 1 is 0.656 bits per heavy atom. The predicted octanol–water partition coefficient (Wildman–Crippen LogP) is 3.97. The Bertz CT molecular complexity index is 1100. The van der Waals surface area contributed by atoms with E-state index in [0.717, 1.165) is 5.56 Å². The van der Waals surface area contributed by atoms with Crippen molar-refractivity contribution in [3.63, 3.8) is 0 Å². The summed E-state index contributed by atoms with van der Waals surface area (Å²) in [6.45, 7) is 1.54. The van der Waals surface area contributed by atoms with Crippen molar-refractivity contribution in [2.75, 3.05) is 6.61 Å². The van der Waals surface area contributed by atoms with Crippen molar-refractivity contribution < 1.29 is 9.90 Å². The predicted molar refractivity (Wildman–Crippen MR) is 135 cm³/mol. The van der Waals surface area contributed by atoms with Crippen LogP contribution in [0.5, 0.6) is 0 Å². The quantitative estimate of drug-likeness (QED) is 0.293. The first-order valence-corrected chi connectivity index (χ1v) is 16.5. The van der Waals surface area contributed by atoms with E-state index < -0.39 is 18.4 Å². The molecule has 0 saturated heterocycles. The molecule has 0 heterocycles. The van der Waals surface area contributed by atoms with Crippen LogP contribution in [0.4, 0.5) is 0 Å². The molecule has 2 nitrogen and oxygen atoms in total. The monoisotopic (exact) mass is 526 g/mol. The van der Waals surface area contributed by atoms with Crippen molar-refractivity contribution in [1.29, 1.82) is 0 Å². The molecule has 0 saturated carbocycles. The number of carbonyl (C=O) groups excluding carboxylic acids is 1. The van der Waals surface area contributed by atoms with Crippen LogP contribution in [-0.2, 0) is 0 Å². The topological polar surface area (TPSA) is 37.3 Å². The van der Waals surface area contributed by atoms with Gasteiger partial charge in [0.2, 0.25) is 0 Å². The van der Waals surface area contributed by atoms with Crippen molar-refractivity contribution in [3.05, 3.63) is 132 Å². The van der Waals surface area contributed by atoms with Crippen LogP contribution in [0.1, 0.15) is 22.8 Å². The van der Waals surface area contributed by atoms with Crippen LogP contribution in [0.25, 0.3) is 3.59 Å². The van der Waals surface area contributed by atoms with Gasteiger partial charge in [-0.3, -0.25) is 0 Å². The summed E-state index contributed by atoms with van der Waals surface area (Å²) in [7, 11) is 0. The Balaban J connectivity index is 2.09. The number of carbonyl (C=O) groups is 1. The molecule has 32 heavy (non-hydrogen) atoms. The van der Waals surface area contributed by atoms with Gasteiger partial charge in [0.1, 0.15) is 0 Å². The molecule has 0 bridgehead atoms. The standard InChI is InChI=1S/C11H11O2.3C6H5.Sn/c1-9(13)11-6-4-10(5-7-11)3-2-8-12;3*1-2-4-6-5-3-1;/h2,4-7,12H,8H2,1H3;3*1-5H;. The third kappa shape index (κ3) is 4.21. The molecular weight excluding hydrogens is 499 g/mol. The van der Waals surface area contributed by atoms with E-state index in [4.69, 9.17) is 0 Å². The molecule has 0 aromatic heterocycles. The fourth-order valence-electron chi connectivity index (χ4n) is 4.49. The normalized spacial score (nSPS) is 11.9. The average Bonchev–Trinajstić information content (AvgIpc) is 2.86. The Hall–Kier alpha value is -2.95. The van der Waals surface area contributed by atoms with Crippen LogP contribution in [0, 0.1) is 0 Å². The fourth-order valence-corrected chi connectivity index (χ4v) is 18.8. The average molecular weight is 525 g/mol. The first kappa shape index (κ1) is 22.3. The van der Waals surface area contributed by atoms with Gasteiger partial charge in [-0.1, -0.05) is 0 Å². The molecule has 0 radical (unpaired) electrons. The van der Waals surface area contributed by atoms with Crippen LogP contribution in [0.3, 0.4) is 0 Å². The third-order valence-corrected chi connectivity index (χ3v) is 19.9. The molecule has 4 aromatic carbocycles. The SMILES string of the molecule is CC(=O)c1ccc(/[C](=C\CO)[Sn]([c]2ccccc2)([c]2ccccc2)[c]2ccccc2)cc1. The summed E-state index contributed by atoms with van der Waals surface area (Å²) in [5, 5.41) is 10.1. The maximum atomic E-state index is 11.9. The Kier molecular flexibility index (Phi) is 7.03.